The van der Waals surface area contributed by atoms with Crippen molar-refractivity contribution in [2.75, 3.05) is 6.61 Å². The van der Waals surface area contributed by atoms with Crippen molar-refractivity contribution in [2.45, 2.75) is 13.5 Å². The number of ether oxygens (including phenoxy) is 1. The Morgan fingerprint density at radius 3 is 2.61 bits per heavy atom. The van der Waals surface area contributed by atoms with Crippen LogP contribution in [-0.2, 0) is 11.3 Å². The number of para-hydroxylation sites is 2. The maximum Gasteiger partial charge on any atom is 0.359 e. The molecule has 9 heteroatoms. The van der Waals surface area contributed by atoms with Gasteiger partial charge in [-0.1, -0.05) is 30.3 Å². The van der Waals surface area contributed by atoms with Crippen molar-refractivity contribution in [1.29, 1.82) is 5.26 Å². The largest absolute Gasteiger partial charge is 0.507 e. The first-order valence-corrected chi connectivity index (χ1v) is 9.47. The third-order valence-corrected chi connectivity index (χ3v) is 4.73. The fourth-order valence-electron chi connectivity index (χ4n) is 3.20. The molecule has 2 heterocycles. The Morgan fingerprint density at radius 2 is 1.90 bits per heavy atom. The lowest BCUT2D eigenvalue weighted by Crippen LogP contribution is -2.26. The standard InChI is InChI=1S/C22H17N5O4/c1-2-27-21(29)14-8-4-3-7-13(14)19(26-27)22(30)31-12-18(28)15(11-23)20-24-16-9-5-6-10-17(16)25-20/h3-10,28H,2,12H2,1H3,(H,24,25). The lowest BCUT2D eigenvalue weighted by Gasteiger charge is -2.10. The van der Waals surface area contributed by atoms with E-state index in [-0.39, 0.29) is 29.2 Å². The van der Waals surface area contributed by atoms with Crippen molar-refractivity contribution >= 4 is 33.3 Å². The summed E-state index contributed by atoms with van der Waals surface area (Å²) in [7, 11) is 0. The molecule has 2 aromatic heterocycles. The average Bonchev–Trinajstić information content (AvgIpc) is 3.22. The van der Waals surface area contributed by atoms with E-state index in [0.29, 0.717) is 21.8 Å². The van der Waals surface area contributed by atoms with Gasteiger partial charge in [-0.2, -0.15) is 10.4 Å². The predicted molar refractivity (Wildman–Crippen MR) is 113 cm³/mol. The van der Waals surface area contributed by atoms with Gasteiger partial charge in [0.2, 0.25) is 0 Å². The molecule has 0 aliphatic carbocycles. The number of aliphatic hydroxyl groups is 1. The van der Waals surface area contributed by atoms with Gasteiger partial charge in [0.15, 0.2) is 17.3 Å². The zero-order chi connectivity index (χ0) is 22.0. The molecule has 4 aromatic rings. The molecule has 0 amide bonds. The van der Waals surface area contributed by atoms with Gasteiger partial charge in [0.1, 0.15) is 18.2 Å². The number of H-pyrrole nitrogens is 1. The zero-order valence-electron chi connectivity index (χ0n) is 16.5. The van der Waals surface area contributed by atoms with E-state index in [2.05, 4.69) is 15.1 Å². The second-order valence-electron chi connectivity index (χ2n) is 6.63. The minimum Gasteiger partial charge on any atom is -0.507 e. The second-order valence-corrected chi connectivity index (χ2v) is 6.63. The zero-order valence-corrected chi connectivity index (χ0v) is 16.5. The highest BCUT2D eigenvalue weighted by molar-refractivity contribution is 6.02. The van der Waals surface area contributed by atoms with Gasteiger partial charge in [0.05, 0.1) is 16.4 Å². The number of hydrogen-bond donors (Lipinski definition) is 2. The molecule has 0 unspecified atom stereocenters. The number of benzene rings is 2. The number of nitrogens with one attached hydrogen (secondary N) is 1. The minimum absolute atomic E-state index is 0.0490. The van der Waals surface area contributed by atoms with Gasteiger partial charge >= 0.3 is 5.97 Å². The van der Waals surface area contributed by atoms with Crippen LogP contribution in [-0.4, -0.2) is 37.4 Å². The van der Waals surface area contributed by atoms with Crippen molar-refractivity contribution in [3.63, 3.8) is 0 Å². The number of carbonyl (C=O) groups excluding carboxylic acids is 1. The normalized spacial score (nSPS) is 11.9. The van der Waals surface area contributed by atoms with Gasteiger partial charge < -0.3 is 14.8 Å². The molecule has 0 saturated heterocycles. The number of nitrogens with zero attached hydrogens (tertiary/aromatic N) is 4. The highest BCUT2D eigenvalue weighted by atomic mass is 16.5. The summed E-state index contributed by atoms with van der Waals surface area (Å²) in [5.74, 6) is -1.12. The number of carbonyl (C=O) groups is 1. The van der Waals surface area contributed by atoms with E-state index in [1.807, 2.05) is 12.1 Å². The summed E-state index contributed by atoms with van der Waals surface area (Å²) < 4.78 is 6.37. The van der Waals surface area contributed by atoms with Crippen LogP contribution in [0.5, 0.6) is 0 Å². The Morgan fingerprint density at radius 1 is 1.19 bits per heavy atom. The minimum atomic E-state index is -0.827. The molecule has 0 saturated carbocycles. The summed E-state index contributed by atoms with van der Waals surface area (Å²) >= 11 is 0. The molecule has 0 aliphatic heterocycles. The monoisotopic (exact) mass is 415 g/mol. The van der Waals surface area contributed by atoms with E-state index in [0.717, 1.165) is 0 Å². The fraction of sp³-hybridized carbons (Fsp3) is 0.136. The van der Waals surface area contributed by atoms with E-state index in [1.54, 1.807) is 49.4 Å². The van der Waals surface area contributed by atoms with Gasteiger partial charge in [-0.05, 0) is 25.1 Å². The topological polar surface area (TPSA) is 134 Å². The highest BCUT2D eigenvalue weighted by Crippen LogP contribution is 2.19. The molecule has 0 fully saturated rings. The first-order chi connectivity index (χ1) is 15.0. The first kappa shape index (κ1) is 19.8. The number of hydrogen-bond acceptors (Lipinski definition) is 7. The van der Waals surface area contributed by atoms with Crippen LogP contribution in [0.1, 0.15) is 23.2 Å². The van der Waals surface area contributed by atoms with Gasteiger partial charge in [-0.3, -0.25) is 4.79 Å². The molecule has 9 nitrogen and oxygen atoms in total. The van der Waals surface area contributed by atoms with E-state index < -0.39 is 18.3 Å². The molecule has 4 rings (SSSR count). The van der Waals surface area contributed by atoms with Crippen molar-refractivity contribution in [3.05, 3.63) is 76.2 Å². The Balaban J connectivity index is 1.64. The molecular formula is C22H17N5O4. The number of aromatic nitrogens is 4. The van der Waals surface area contributed by atoms with Crippen molar-refractivity contribution < 1.29 is 14.6 Å². The van der Waals surface area contributed by atoms with Crippen molar-refractivity contribution in [3.8, 4) is 6.07 Å². The van der Waals surface area contributed by atoms with Crippen molar-refractivity contribution in [2.24, 2.45) is 0 Å². The van der Waals surface area contributed by atoms with Crippen LogP contribution in [0.3, 0.4) is 0 Å². The number of aryl methyl sites for hydroxylation is 1. The van der Waals surface area contributed by atoms with Gasteiger partial charge in [0.25, 0.3) is 5.56 Å². The predicted octanol–water partition coefficient (Wildman–Crippen LogP) is 2.94. The van der Waals surface area contributed by atoms with Crippen LogP contribution in [0.25, 0.3) is 27.4 Å². The van der Waals surface area contributed by atoms with Crippen LogP contribution in [0.15, 0.2) is 59.1 Å². The maximum atomic E-state index is 12.7. The van der Waals surface area contributed by atoms with Crippen LogP contribution in [0.4, 0.5) is 0 Å². The van der Waals surface area contributed by atoms with Gasteiger partial charge in [0, 0.05) is 11.9 Å². The van der Waals surface area contributed by atoms with Crippen LogP contribution < -0.4 is 5.56 Å². The number of allylic oxidation sites excluding steroid dienone is 1. The van der Waals surface area contributed by atoms with E-state index >= 15 is 0 Å². The van der Waals surface area contributed by atoms with Crippen LogP contribution >= 0.6 is 0 Å². The number of esters is 1. The smallest absolute Gasteiger partial charge is 0.359 e. The Kier molecular flexibility index (Phi) is 5.20. The van der Waals surface area contributed by atoms with Crippen molar-refractivity contribution in [1.82, 2.24) is 19.7 Å². The van der Waals surface area contributed by atoms with E-state index in [4.69, 9.17) is 4.74 Å². The molecule has 0 spiro atoms. The molecular weight excluding hydrogens is 398 g/mol. The van der Waals surface area contributed by atoms with Gasteiger partial charge in [-0.25, -0.2) is 14.5 Å². The van der Waals surface area contributed by atoms with Gasteiger partial charge in [-0.15, -0.1) is 0 Å². The summed E-state index contributed by atoms with van der Waals surface area (Å²) in [6.45, 7) is 1.46. The molecule has 0 atom stereocenters. The van der Waals surface area contributed by atoms with Crippen LogP contribution in [0, 0.1) is 11.3 Å². The second kappa shape index (κ2) is 8.12. The summed E-state index contributed by atoms with van der Waals surface area (Å²) in [5, 5.41) is 24.7. The number of nitriles is 1. The summed E-state index contributed by atoms with van der Waals surface area (Å²) in [4.78, 5) is 32.3. The third-order valence-electron chi connectivity index (χ3n) is 4.73. The molecule has 0 aliphatic rings. The SMILES string of the molecule is CCn1nc(C(=O)OCC(O)=C(C#N)c2nc3ccccc3[nH]2)c2ccccc2c1=O. The quantitative estimate of drug-likeness (QED) is 0.291. The number of aromatic amines is 1. The highest BCUT2D eigenvalue weighted by Gasteiger charge is 2.20. The molecule has 154 valence electrons. The average molecular weight is 415 g/mol. The molecule has 2 aromatic carbocycles. The number of fused-ring (bicyclic) bond motifs is 2. The lowest BCUT2D eigenvalue weighted by molar-refractivity contribution is 0.0495. The molecule has 31 heavy (non-hydrogen) atoms. The fourth-order valence-corrected chi connectivity index (χ4v) is 3.20. The summed E-state index contributed by atoms with van der Waals surface area (Å²) in [6, 6.07) is 15.6. The first-order valence-electron chi connectivity index (χ1n) is 9.47. The Labute approximate surface area is 175 Å². The third kappa shape index (κ3) is 3.62. The summed E-state index contributed by atoms with van der Waals surface area (Å²) in [6.07, 6.45) is 0. The number of aliphatic hydroxyl groups excluding tert-OH is 1. The number of imidazole rings is 1. The Bertz CT molecular complexity index is 1410. The Hall–Kier alpha value is -4.45. The van der Waals surface area contributed by atoms with E-state index in [9.17, 15) is 20.0 Å². The summed E-state index contributed by atoms with van der Waals surface area (Å²) in [5.41, 5.74) is 0.835. The van der Waals surface area contributed by atoms with E-state index in [1.165, 1.54) is 4.68 Å². The molecule has 0 radical (unpaired) electrons. The molecule has 2 N–H and O–H groups in total. The lowest BCUT2D eigenvalue weighted by atomic mass is 10.1. The number of rotatable bonds is 5. The van der Waals surface area contributed by atoms with Crippen LogP contribution in [0.2, 0.25) is 0 Å². The maximum absolute atomic E-state index is 12.7. The molecule has 0 bridgehead atoms.